The summed E-state index contributed by atoms with van der Waals surface area (Å²) in [5.41, 5.74) is -0.573. The molecule has 1 aliphatic carbocycles. The van der Waals surface area contributed by atoms with Crippen LogP contribution >= 0.6 is 0 Å². The molecule has 0 bridgehead atoms. The fourth-order valence-corrected chi connectivity index (χ4v) is 3.33. The van der Waals surface area contributed by atoms with Crippen molar-refractivity contribution in [1.82, 2.24) is 0 Å². The van der Waals surface area contributed by atoms with Gasteiger partial charge in [-0.2, -0.15) is 13.2 Å². The summed E-state index contributed by atoms with van der Waals surface area (Å²) in [6.07, 6.45) is -3.65. The maximum atomic E-state index is 12.8. The molecule has 0 aliphatic heterocycles. The highest BCUT2D eigenvalue weighted by atomic mass is 32.2. The lowest BCUT2D eigenvalue weighted by Gasteiger charge is -2.31. The number of rotatable bonds is 4. The molecular weight excluding hydrogens is 351 g/mol. The van der Waals surface area contributed by atoms with Gasteiger partial charge in [-0.05, 0) is 31.4 Å². The Balaban J connectivity index is 2.24. The summed E-state index contributed by atoms with van der Waals surface area (Å²) in [4.78, 5) is 9.88. The van der Waals surface area contributed by atoms with Crippen molar-refractivity contribution in [3.8, 4) is 0 Å². The highest BCUT2D eigenvalue weighted by Crippen LogP contribution is 2.39. The zero-order valence-electron chi connectivity index (χ0n) is 12.4. The predicted molar refractivity (Wildman–Crippen MR) is 79.9 cm³/mol. The fraction of sp³-hybridized carbons (Fsp3) is 0.538. The van der Waals surface area contributed by atoms with Crippen LogP contribution in [0.2, 0.25) is 0 Å². The van der Waals surface area contributed by atoms with Crippen LogP contribution in [0.25, 0.3) is 0 Å². The molecule has 0 spiro atoms. The fourth-order valence-electron chi connectivity index (χ4n) is 2.80. The minimum atomic E-state index is -4.30. The van der Waals surface area contributed by atoms with E-state index in [1.54, 1.807) is 0 Å². The Morgan fingerprint density at radius 1 is 1.29 bits per heavy atom. The summed E-state index contributed by atoms with van der Waals surface area (Å²) in [7, 11) is -4.12. The summed E-state index contributed by atoms with van der Waals surface area (Å²) < 4.78 is 61.0. The monoisotopic (exact) mass is 367 g/mol. The minimum Gasteiger partial charge on any atom is -0.377 e. The molecule has 2 atom stereocenters. The smallest absolute Gasteiger partial charge is 0.377 e. The Bertz CT molecular complexity index is 736. The van der Waals surface area contributed by atoms with Crippen molar-refractivity contribution in [3.63, 3.8) is 0 Å². The maximum Gasteiger partial charge on any atom is 0.391 e. The second kappa shape index (κ2) is 6.55. The molecule has 2 unspecified atom stereocenters. The van der Waals surface area contributed by atoms with Crippen LogP contribution in [0.3, 0.4) is 0 Å². The third-order valence-electron chi connectivity index (χ3n) is 3.99. The topological polar surface area (TPSA) is 115 Å². The average Bonchev–Trinajstić information content (AvgIpc) is 2.45. The predicted octanol–water partition coefficient (Wildman–Crippen LogP) is 2.78. The number of nitro benzene ring substituents is 1. The Morgan fingerprint density at radius 3 is 2.50 bits per heavy atom. The molecule has 11 heteroatoms. The van der Waals surface area contributed by atoms with Crippen molar-refractivity contribution in [1.29, 1.82) is 0 Å². The second-order valence-corrected chi connectivity index (χ2v) is 7.29. The van der Waals surface area contributed by atoms with E-state index in [2.05, 4.69) is 5.32 Å². The van der Waals surface area contributed by atoms with Crippen molar-refractivity contribution in [2.75, 3.05) is 5.32 Å². The minimum absolute atomic E-state index is 0.0276. The molecule has 0 aromatic heterocycles. The van der Waals surface area contributed by atoms with Crippen LogP contribution in [0.4, 0.5) is 24.5 Å². The molecular formula is C13H16F3N3O4S. The number of benzene rings is 1. The van der Waals surface area contributed by atoms with Gasteiger partial charge in [-0.15, -0.1) is 0 Å². The molecule has 1 saturated carbocycles. The van der Waals surface area contributed by atoms with Gasteiger partial charge in [0.05, 0.1) is 15.7 Å². The highest BCUT2D eigenvalue weighted by molar-refractivity contribution is 7.89. The molecule has 1 fully saturated rings. The number of nitro groups is 1. The molecule has 0 radical (unpaired) electrons. The van der Waals surface area contributed by atoms with Gasteiger partial charge in [-0.1, -0.05) is 6.42 Å². The SMILES string of the molecule is NS(=O)(=O)c1ccc(NC2CCCC(C(F)(F)F)C2)c([N+](=O)[O-])c1. The van der Waals surface area contributed by atoms with E-state index < -0.39 is 43.7 Å². The molecule has 24 heavy (non-hydrogen) atoms. The number of anilines is 1. The van der Waals surface area contributed by atoms with E-state index in [0.717, 1.165) is 18.2 Å². The molecule has 1 aromatic carbocycles. The lowest BCUT2D eigenvalue weighted by molar-refractivity contribution is -0.384. The molecule has 7 nitrogen and oxygen atoms in total. The maximum absolute atomic E-state index is 12.8. The van der Waals surface area contributed by atoms with Crippen molar-refractivity contribution in [2.45, 2.75) is 42.8 Å². The summed E-state index contributed by atoms with van der Waals surface area (Å²) in [5.74, 6) is -1.45. The number of halogens is 3. The third-order valence-corrected chi connectivity index (χ3v) is 4.90. The Morgan fingerprint density at radius 2 is 1.96 bits per heavy atom. The summed E-state index contributed by atoms with van der Waals surface area (Å²) in [6, 6.07) is 2.44. The molecule has 134 valence electrons. The van der Waals surface area contributed by atoms with Crippen LogP contribution in [0.15, 0.2) is 23.1 Å². The number of sulfonamides is 1. The number of nitrogens with two attached hydrogens (primary N) is 1. The van der Waals surface area contributed by atoms with Gasteiger partial charge >= 0.3 is 6.18 Å². The number of hydrogen-bond acceptors (Lipinski definition) is 5. The third kappa shape index (κ3) is 4.35. The van der Waals surface area contributed by atoms with Crippen LogP contribution in [0, 0.1) is 16.0 Å². The van der Waals surface area contributed by atoms with E-state index >= 15 is 0 Å². The first-order chi connectivity index (χ1) is 11.0. The van der Waals surface area contributed by atoms with Crippen molar-refractivity contribution in [3.05, 3.63) is 28.3 Å². The van der Waals surface area contributed by atoms with Crippen molar-refractivity contribution >= 4 is 21.4 Å². The van der Waals surface area contributed by atoms with Crippen LogP contribution in [0.1, 0.15) is 25.7 Å². The molecule has 0 saturated heterocycles. The number of primary sulfonamides is 1. The first kappa shape index (κ1) is 18.5. The molecule has 1 aliphatic rings. The van der Waals surface area contributed by atoms with Gasteiger partial charge in [0.2, 0.25) is 10.0 Å². The van der Waals surface area contributed by atoms with E-state index in [1.807, 2.05) is 0 Å². The van der Waals surface area contributed by atoms with E-state index in [-0.39, 0.29) is 18.5 Å². The van der Waals surface area contributed by atoms with Gasteiger partial charge < -0.3 is 5.32 Å². The summed E-state index contributed by atoms with van der Waals surface area (Å²) in [6.45, 7) is 0. The van der Waals surface area contributed by atoms with E-state index in [9.17, 15) is 31.7 Å². The Hall–Kier alpha value is -1.88. The van der Waals surface area contributed by atoms with Crippen molar-refractivity contribution < 1.29 is 26.5 Å². The van der Waals surface area contributed by atoms with Crippen LogP contribution in [-0.4, -0.2) is 25.6 Å². The molecule has 0 heterocycles. The van der Waals surface area contributed by atoms with Crippen LogP contribution in [0.5, 0.6) is 0 Å². The standard InChI is InChI=1S/C13H16F3N3O4S/c14-13(15,16)8-2-1-3-9(6-8)18-11-5-4-10(24(17,22)23)7-12(11)19(20)21/h4-5,7-9,18H,1-3,6H2,(H2,17,22,23). The Kier molecular flexibility index (Phi) is 5.04. The second-order valence-electron chi connectivity index (χ2n) is 5.73. The average molecular weight is 367 g/mol. The highest BCUT2D eigenvalue weighted by Gasteiger charge is 2.42. The van der Waals surface area contributed by atoms with Crippen LogP contribution in [-0.2, 0) is 10.0 Å². The zero-order chi connectivity index (χ0) is 18.1. The molecule has 2 rings (SSSR count). The zero-order valence-corrected chi connectivity index (χ0v) is 13.2. The van der Waals surface area contributed by atoms with Gasteiger partial charge in [0.15, 0.2) is 0 Å². The van der Waals surface area contributed by atoms with E-state index in [1.165, 1.54) is 0 Å². The normalized spacial score (nSPS) is 22.2. The van der Waals surface area contributed by atoms with Gasteiger partial charge in [0.1, 0.15) is 5.69 Å². The molecule has 1 aromatic rings. The largest absolute Gasteiger partial charge is 0.391 e. The van der Waals surface area contributed by atoms with E-state index in [4.69, 9.17) is 5.14 Å². The number of alkyl halides is 3. The van der Waals surface area contributed by atoms with Gasteiger partial charge in [0, 0.05) is 12.1 Å². The van der Waals surface area contributed by atoms with E-state index in [0.29, 0.717) is 12.8 Å². The first-order valence-electron chi connectivity index (χ1n) is 7.13. The van der Waals surface area contributed by atoms with Gasteiger partial charge in [-0.3, -0.25) is 10.1 Å². The lowest BCUT2D eigenvalue weighted by Crippen LogP contribution is -2.34. The summed E-state index contributed by atoms with van der Waals surface area (Å²) in [5, 5.41) is 18.8. The number of hydrogen-bond donors (Lipinski definition) is 2. The summed E-state index contributed by atoms with van der Waals surface area (Å²) >= 11 is 0. The first-order valence-corrected chi connectivity index (χ1v) is 8.67. The van der Waals surface area contributed by atoms with Gasteiger partial charge in [0.25, 0.3) is 5.69 Å². The quantitative estimate of drug-likeness (QED) is 0.627. The molecule has 0 amide bonds. The van der Waals surface area contributed by atoms with Gasteiger partial charge in [-0.25, -0.2) is 13.6 Å². The lowest BCUT2D eigenvalue weighted by atomic mass is 9.85. The number of nitrogens with one attached hydrogen (secondary N) is 1. The number of nitrogens with zero attached hydrogens (tertiary/aromatic N) is 1. The Labute approximate surface area is 136 Å². The molecule has 3 N–H and O–H groups in total. The van der Waals surface area contributed by atoms with Crippen molar-refractivity contribution in [2.24, 2.45) is 11.1 Å². The van der Waals surface area contributed by atoms with Crippen LogP contribution < -0.4 is 10.5 Å².